The lowest BCUT2D eigenvalue weighted by molar-refractivity contribution is 0.541. The van der Waals surface area contributed by atoms with Crippen molar-refractivity contribution < 1.29 is 0 Å². The highest BCUT2D eigenvalue weighted by atomic mass is 15.2. The monoisotopic (exact) mass is 265 g/mol. The van der Waals surface area contributed by atoms with E-state index in [9.17, 15) is 0 Å². The number of rotatable bonds is 3. The highest BCUT2D eigenvalue weighted by Crippen LogP contribution is 2.11. The van der Waals surface area contributed by atoms with Crippen molar-refractivity contribution in [3.8, 4) is 0 Å². The van der Waals surface area contributed by atoms with Crippen LogP contribution in [0.2, 0.25) is 0 Å². The molecule has 0 saturated heterocycles. The molecule has 1 unspecified atom stereocenters. The standard InChI is InChI=1S/C17H19N3/c1-3-7-14(8-4-1)13-16-11-12-18-17(20-16)19-15-9-5-2-6-10-15/h1-10,16H,11-13H2,(H2,18,19,20). The Hall–Kier alpha value is -2.29. The molecule has 102 valence electrons. The summed E-state index contributed by atoms with van der Waals surface area (Å²) in [6.45, 7) is 0.875. The Morgan fingerprint density at radius 3 is 2.45 bits per heavy atom. The lowest BCUT2D eigenvalue weighted by atomic mass is 10.0. The molecule has 0 aliphatic carbocycles. The molecule has 3 nitrogen and oxygen atoms in total. The SMILES string of the molecule is c1ccc(CC2CCN=C(Nc3ccccc3)N2)cc1. The van der Waals surface area contributed by atoms with E-state index >= 15 is 0 Å². The topological polar surface area (TPSA) is 36.4 Å². The van der Waals surface area contributed by atoms with Crippen LogP contribution in [0.5, 0.6) is 0 Å². The van der Waals surface area contributed by atoms with Gasteiger partial charge < -0.3 is 10.6 Å². The molecule has 0 fully saturated rings. The van der Waals surface area contributed by atoms with Crippen molar-refractivity contribution >= 4 is 11.6 Å². The summed E-state index contributed by atoms with van der Waals surface area (Å²) >= 11 is 0. The molecular weight excluding hydrogens is 246 g/mol. The lowest BCUT2D eigenvalue weighted by Gasteiger charge is -2.25. The number of aliphatic imine (C=N–C) groups is 1. The summed E-state index contributed by atoms with van der Waals surface area (Å²) in [5.41, 5.74) is 2.44. The number of anilines is 1. The van der Waals surface area contributed by atoms with Gasteiger partial charge in [-0.2, -0.15) is 0 Å². The average Bonchev–Trinajstić information content (AvgIpc) is 2.50. The van der Waals surface area contributed by atoms with Crippen LogP contribution in [0.1, 0.15) is 12.0 Å². The first kappa shape index (κ1) is 12.7. The molecule has 1 atom stereocenters. The Kier molecular flexibility index (Phi) is 3.97. The molecule has 3 heteroatoms. The first-order chi connectivity index (χ1) is 9.90. The first-order valence-corrected chi connectivity index (χ1v) is 7.07. The molecule has 3 rings (SSSR count). The van der Waals surface area contributed by atoms with Crippen LogP contribution >= 0.6 is 0 Å². The minimum absolute atomic E-state index is 0.445. The van der Waals surface area contributed by atoms with E-state index in [1.54, 1.807) is 0 Å². The Morgan fingerprint density at radius 1 is 1.00 bits per heavy atom. The second kappa shape index (κ2) is 6.24. The highest BCUT2D eigenvalue weighted by molar-refractivity contribution is 5.94. The molecular formula is C17H19N3. The largest absolute Gasteiger partial charge is 0.353 e. The number of nitrogens with one attached hydrogen (secondary N) is 2. The maximum absolute atomic E-state index is 4.51. The summed E-state index contributed by atoms with van der Waals surface area (Å²) in [5, 5.41) is 6.82. The van der Waals surface area contributed by atoms with Gasteiger partial charge in [-0.1, -0.05) is 48.5 Å². The molecule has 0 amide bonds. The number of para-hydroxylation sites is 1. The summed E-state index contributed by atoms with van der Waals surface area (Å²) in [6.07, 6.45) is 2.12. The predicted octanol–water partition coefficient (Wildman–Crippen LogP) is 3.06. The van der Waals surface area contributed by atoms with E-state index < -0.39 is 0 Å². The number of benzene rings is 2. The van der Waals surface area contributed by atoms with E-state index in [1.807, 2.05) is 30.3 Å². The molecule has 1 heterocycles. The minimum Gasteiger partial charge on any atom is -0.353 e. The zero-order chi connectivity index (χ0) is 13.6. The summed E-state index contributed by atoms with van der Waals surface area (Å²) < 4.78 is 0. The van der Waals surface area contributed by atoms with Crippen molar-refractivity contribution in [2.45, 2.75) is 18.9 Å². The van der Waals surface area contributed by atoms with Gasteiger partial charge in [-0.25, -0.2) is 0 Å². The molecule has 0 radical (unpaired) electrons. The third kappa shape index (κ3) is 3.38. The molecule has 0 aromatic heterocycles. The number of nitrogens with zero attached hydrogens (tertiary/aromatic N) is 1. The zero-order valence-electron chi connectivity index (χ0n) is 11.4. The van der Waals surface area contributed by atoms with Gasteiger partial charge in [0.2, 0.25) is 0 Å². The van der Waals surface area contributed by atoms with E-state index in [0.29, 0.717) is 6.04 Å². The van der Waals surface area contributed by atoms with Crippen LogP contribution in [0.4, 0.5) is 5.69 Å². The molecule has 2 aromatic carbocycles. The molecule has 1 aliphatic heterocycles. The maximum Gasteiger partial charge on any atom is 0.196 e. The van der Waals surface area contributed by atoms with Crippen molar-refractivity contribution in [1.29, 1.82) is 0 Å². The molecule has 2 aromatic rings. The molecule has 20 heavy (non-hydrogen) atoms. The number of hydrogen-bond donors (Lipinski definition) is 2. The van der Waals surface area contributed by atoms with E-state index in [0.717, 1.165) is 31.0 Å². The quantitative estimate of drug-likeness (QED) is 0.895. The van der Waals surface area contributed by atoms with E-state index in [1.165, 1.54) is 5.56 Å². The lowest BCUT2D eigenvalue weighted by Crippen LogP contribution is -2.44. The van der Waals surface area contributed by atoms with Gasteiger partial charge in [-0.15, -0.1) is 0 Å². The van der Waals surface area contributed by atoms with Crippen LogP contribution in [-0.4, -0.2) is 18.5 Å². The van der Waals surface area contributed by atoms with Crippen molar-refractivity contribution in [1.82, 2.24) is 5.32 Å². The van der Waals surface area contributed by atoms with Gasteiger partial charge >= 0.3 is 0 Å². The van der Waals surface area contributed by atoms with E-state index in [2.05, 4.69) is 46.0 Å². The number of hydrogen-bond acceptors (Lipinski definition) is 3. The molecule has 1 aliphatic rings. The van der Waals surface area contributed by atoms with Gasteiger partial charge in [-0.3, -0.25) is 4.99 Å². The molecule has 0 bridgehead atoms. The second-order valence-corrected chi connectivity index (χ2v) is 5.04. The van der Waals surface area contributed by atoms with Crippen LogP contribution in [0.25, 0.3) is 0 Å². The molecule has 0 spiro atoms. The van der Waals surface area contributed by atoms with Gasteiger partial charge in [0.25, 0.3) is 0 Å². The Bertz CT molecular complexity index is 563. The van der Waals surface area contributed by atoms with Crippen molar-refractivity contribution in [2.75, 3.05) is 11.9 Å². The Morgan fingerprint density at radius 2 is 1.70 bits per heavy atom. The third-order valence-corrected chi connectivity index (χ3v) is 3.45. The molecule has 2 N–H and O–H groups in total. The van der Waals surface area contributed by atoms with Crippen molar-refractivity contribution in [2.24, 2.45) is 4.99 Å². The minimum atomic E-state index is 0.445. The van der Waals surface area contributed by atoms with Crippen LogP contribution < -0.4 is 10.6 Å². The molecule has 0 saturated carbocycles. The third-order valence-electron chi connectivity index (χ3n) is 3.45. The highest BCUT2D eigenvalue weighted by Gasteiger charge is 2.15. The van der Waals surface area contributed by atoms with Crippen LogP contribution in [0.3, 0.4) is 0 Å². The first-order valence-electron chi connectivity index (χ1n) is 7.07. The van der Waals surface area contributed by atoms with Gasteiger partial charge in [-0.05, 0) is 30.5 Å². The van der Waals surface area contributed by atoms with Crippen molar-refractivity contribution in [3.63, 3.8) is 0 Å². The summed E-state index contributed by atoms with van der Waals surface area (Å²) in [6, 6.07) is 21.2. The summed E-state index contributed by atoms with van der Waals surface area (Å²) in [4.78, 5) is 4.51. The van der Waals surface area contributed by atoms with Crippen LogP contribution in [0, 0.1) is 0 Å². The van der Waals surface area contributed by atoms with Gasteiger partial charge in [0.15, 0.2) is 5.96 Å². The normalized spacial score (nSPS) is 18.0. The summed E-state index contributed by atoms with van der Waals surface area (Å²) in [7, 11) is 0. The van der Waals surface area contributed by atoms with Gasteiger partial charge in [0.05, 0.1) is 0 Å². The van der Waals surface area contributed by atoms with Crippen LogP contribution in [0.15, 0.2) is 65.7 Å². The zero-order valence-corrected chi connectivity index (χ0v) is 11.4. The fraction of sp³-hybridized carbons (Fsp3) is 0.235. The van der Waals surface area contributed by atoms with E-state index in [4.69, 9.17) is 0 Å². The van der Waals surface area contributed by atoms with Gasteiger partial charge in [0.1, 0.15) is 0 Å². The fourth-order valence-corrected chi connectivity index (χ4v) is 2.43. The predicted molar refractivity (Wildman–Crippen MR) is 84.1 cm³/mol. The van der Waals surface area contributed by atoms with Crippen LogP contribution in [-0.2, 0) is 6.42 Å². The van der Waals surface area contributed by atoms with Crippen molar-refractivity contribution in [3.05, 3.63) is 66.2 Å². The maximum atomic E-state index is 4.51. The fourth-order valence-electron chi connectivity index (χ4n) is 2.43. The Labute approximate surface area is 119 Å². The number of guanidine groups is 1. The Balaban J connectivity index is 1.60. The average molecular weight is 265 g/mol. The summed E-state index contributed by atoms with van der Waals surface area (Å²) in [5.74, 6) is 0.878. The smallest absolute Gasteiger partial charge is 0.196 e. The van der Waals surface area contributed by atoms with Gasteiger partial charge in [0, 0.05) is 18.3 Å². The van der Waals surface area contributed by atoms with E-state index in [-0.39, 0.29) is 0 Å². The second-order valence-electron chi connectivity index (χ2n) is 5.04.